The van der Waals surface area contributed by atoms with Crippen molar-refractivity contribution in [1.29, 1.82) is 0 Å². The van der Waals surface area contributed by atoms with Crippen LogP contribution in [-0.2, 0) is 18.4 Å². The zero-order valence-electron chi connectivity index (χ0n) is 11.1. The molecular weight excluding hydrogens is 230 g/mol. The fraction of sp³-hybridized carbons (Fsp3) is 0.385. The molecule has 1 aromatic heterocycles. The zero-order valence-corrected chi connectivity index (χ0v) is 11.1. The minimum Gasteiger partial charge on any atom is -0.497 e. The lowest BCUT2D eigenvalue weighted by Gasteiger charge is -2.04. The fourth-order valence-electron chi connectivity index (χ4n) is 1.80. The molecule has 0 aliphatic rings. The van der Waals surface area contributed by atoms with Gasteiger partial charge in [0.05, 0.1) is 7.11 Å². The van der Waals surface area contributed by atoms with E-state index >= 15 is 0 Å². The van der Waals surface area contributed by atoms with Gasteiger partial charge in [0.2, 0.25) is 0 Å². The number of aromatic nitrogens is 3. The number of methoxy groups -OCH3 is 2. The molecule has 5 nitrogen and oxygen atoms in total. The summed E-state index contributed by atoms with van der Waals surface area (Å²) in [7, 11) is 5.17. The van der Waals surface area contributed by atoms with E-state index in [2.05, 4.69) is 10.1 Å². The van der Waals surface area contributed by atoms with Crippen LogP contribution in [0.1, 0.15) is 11.4 Å². The number of hydrogen-bond acceptors (Lipinski definition) is 4. The van der Waals surface area contributed by atoms with Gasteiger partial charge >= 0.3 is 0 Å². The Bertz CT molecular complexity index is 549. The van der Waals surface area contributed by atoms with Gasteiger partial charge in [0, 0.05) is 19.7 Å². The van der Waals surface area contributed by atoms with Gasteiger partial charge in [0.15, 0.2) is 11.6 Å². The van der Waals surface area contributed by atoms with Crippen molar-refractivity contribution in [3.63, 3.8) is 0 Å². The zero-order chi connectivity index (χ0) is 13.1. The Hall–Kier alpha value is -1.88. The third kappa shape index (κ3) is 2.36. The molecule has 2 rings (SSSR count). The highest BCUT2D eigenvalue weighted by molar-refractivity contribution is 5.61. The van der Waals surface area contributed by atoms with Crippen LogP contribution in [0.3, 0.4) is 0 Å². The van der Waals surface area contributed by atoms with E-state index in [1.54, 1.807) is 18.9 Å². The second-order valence-electron chi connectivity index (χ2n) is 4.09. The molecule has 1 aromatic carbocycles. The molecule has 5 heteroatoms. The maximum atomic E-state index is 5.19. The van der Waals surface area contributed by atoms with E-state index in [1.165, 1.54) is 0 Å². The van der Waals surface area contributed by atoms with Crippen molar-refractivity contribution in [1.82, 2.24) is 14.8 Å². The molecule has 0 aliphatic heterocycles. The summed E-state index contributed by atoms with van der Waals surface area (Å²) in [5, 5.41) is 4.40. The number of nitrogens with zero attached hydrogens (tertiary/aromatic N) is 3. The van der Waals surface area contributed by atoms with Crippen LogP contribution in [0, 0.1) is 6.92 Å². The second kappa shape index (κ2) is 5.18. The lowest BCUT2D eigenvalue weighted by atomic mass is 10.1. The molecule has 0 unspecified atom stereocenters. The molecule has 18 heavy (non-hydrogen) atoms. The molecule has 0 saturated carbocycles. The van der Waals surface area contributed by atoms with Gasteiger partial charge in [-0.3, -0.25) is 4.68 Å². The minimum atomic E-state index is 0.457. The van der Waals surface area contributed by atoms with Crippen molar-refractivity contribution < 1.29 is 9.47 Å². The second-order valence-corrected chi connectivity index (χ2v) is 4.09. The molecule has 0 saturated heterocycles. The monoisotopic (exact) mass is 247 g/mol. The van der Waals surface area contributed by atoms with Gasteiger partial charge in [-0.2, -0.15) is 5.10 Å². The van der Waals surface area contributed by atoms with E-state index in [0.717, 1.165) is 22.7 Å². The molecule has 2 aromatic rings. The van der Waals surface area contributed by atoms with Crippen LogP contribution in [0.25, 0.3) is 11.4 Å². The van der Waals surface area contributed by atoms with E-state index in [1.807, 2.05) is 32.2 Å². The number of ether oxygens (including phenoxy) is 2. The van der Waals surface area contributed by atoms with Crippen molar-refractivity contribution in [2.75, 3.05) is 14.2 Å². The molecule has 0 spiro atoms. The van der Waals surface area contributed by atoms with E-state index in [4.69, 9.17) is 9.47 Å². The lowest BCUT2D eigenvalue weighted by molar-refractivity contribution is 0.174. The molecule has 0 amide bonds. The highest BCUT2D eigenvalue weighted by Crippen LogP contribution is 2.24. The van der Waals surface area contributed by atoms with Gasteiger partial charge in [0.1, 0.15) is 12.4 Å². The highest BCUT2D eigenvalue weighted by atomic mass is 16.5. The van der Waals surface area contributed by atoms with Crippen LogP contribution in [0.2, 0.25) is 0 Å². The van der Waals surface area contributed by atoms with Gasteiger partial charge in [-0.15, -0.1) is 0 Å². The first-order valence-corrected chi connectivity index (χ1v) is 5.69. The summed E-state index contributed by atoms with van der Waals surface area (Å²) in [5.74, 6) is 2.36. The number of aryl methyl sites for hydroxylation is 2. The predicted octanol–water partition coefficient (Wildman–Crippen LogP) is 1.95. The SMILES string of the molecule is COCc1nc(-c2ccc(OC)cc2C)nn1C. The first-order valence-electron chi connectivity index (χ1n) is 5.69. The van der Waals surface area contributed by atoms with Crippen LogP contribution >= 0.6 is 0 Å². The fourth-order valence-corrected chi connectivity index (χ4v) is 1.80. The quantitative estimate of drug-likeness (QED) is 0.828. The molecule has 0 fully saturated rings. The predicted molar refractivity (Wildman–Crippen MR) is 68.4 cm³/mol. The topological polar surface area (TPSA) is 49.2 Å². The Morgan fingerprint density at radius 2 is 2.06 bits per heavy atom. The van der Waals surface area contributed by atoms with Gasteiger partial charge in [-0.1, -0.05) is 0 Å². The smallest absolute Gasteiger partial charge is 0.181 e. The third-order valence-corrected chi connectivity index (χ3v) is 2.80. The summed E-state index contributed by atoms with van der Waals surface area (Å²) >= 11 is 0. The van der Waals surface area contributed by atoms with Crippen molar-refractivity contribution in [2.24, 2.45) is 7.05 Å². The highest BCUT2D eigenvalue weighted by Gasteiger charge is 2.11. The van der Waals surface area contributed by atoms with E-state index in [9.17, 15) is 0 Å². The summed E-state index contributed by atoms with van der Waals surface area (Å²) < 4.78 is 12.0. The summed E-state index contributed by atoms with van der Waals surface area (Å²) in [6, 6.07) is 5.86. The van der Waals surface area contributed by atoms with Gasteiger partial charge in [0.25, 0.3) is 0 Å². The van der Waals surface area contributed by atoms with Gasteiger partial charge in [-0.25, -0.2) is 4.98 Å². The first-order chi connectivity index (χ1) is 8.65. The maximum absolute atomic E-state index is 5.19. The minimum absolute atomic E-state index is 0.457. The Balaban J connectivity index is 2.39. The Labute approximate surface area is 106 Å². The molecule has 0 atom stereocenters. The molecule has 0 bridgehead atoms. The van der Waals surface area contributed by atoms with Crippen molar-refractivity contribution in [2.45, 2.75) is 13.5 Å². The largest absolute Gasteiger partial charge is 0.497 e. The summed E-state index contributed by atoms with van der Waals surface area (Å²) in [4.78, 5) is 4.47. The van der Waals surface area contributed by atoms with Gasteiger partial charge < -0.3 is 9.47 Å². The van der Waals surface area contributed by atoms with E-state index in [0.29, 0.717) is 12.4 Å². The molecular formula is C13H17N3O2. The van der Waals surface area contributed by atoms with Crippen molar-refractivity contribution in [3.8, 4) is 17.1 Å². The number of benzene rings is 1. The number of hydrogen-bond donors (Lipinski definition) is 0. The molecule has 96 valence electrons. The normalized spacial score (nSPS) is 10.7. The standard InChI is InChI=1S/C13H17N3O2/c1-9-7-10(18-4)5-6-11(9)13-14-12(8-17-3)16(2)15-13/h5-7H,8H2,1-4H3. The third-order valence-electron chi connectivity index (χ3n) is 2.80. The summed E-state index contributed by atoms with van der Waals surface area (Å²) in [6.45, 7) is 2.48. The van der Waals surface area contributed by atoms with E-state index < -0.39 is 0 Å². The maximum Gasteiger partial charge on any atom is 0.181 e. The Kier molecular flexibility index (Phi) is 3.62. The average Bonchev–Trinajstić information content (AvgIpc) is 2.71. The summed E-state index contributed by atoms with van der Waals surface area (Å²) in [6.07, 6.45) is 0. The van der Waals surface area contributed by atoms with Crippen molar-refractivity contribution in [3.05, 3.63) is 29.6 Å². The van der Waals surface area contributed by atoms with Crippen LogP contribution in [-0.4, -0.2) is 29.0 Å². The van der Waals surface area contributed by atoms with E-state index in [-0.39, 0.29) is 0 Å². The Morgan fingerprint density at radius 3 is 2.67 bits per heavy atom. The van der Waals surface area contributed by atoms with Crippen molar-refractivity contribution >= 4 is 0 Å². The van der Waals surface area contributed by atoms with Crippen LogP contribution in [0.5, 0.6) is 5.75 Å². The first kappa shape index (κ1) is 12.6. The molecule has 1 heterocycles. The average molecular weight is 247 g/mol. The number of rotatable bonds is 4. The molecule has 0 N–H and O–H groups in total. The van der Waals surface area contributed by atoms with Crippen LogP contribution in [0.4, 0.5) is 0 Å². The lowest BCUT2D eigenvalue weighted by Crippen LogP contribution is -2.00. The molecule has 0 radical (unpaired) electrons. The molecule has 0 aliphatic carbocycles. The Morgan fingerprint density at radius 1 is 1.28 bits per heavy atom. The van der Waals surface area contributed by atoms with Crippen LogP contribution in [0.15, 0.2) is 18.2 Å². The van der Waals surface area contributed by atoms with Gasteiger partial charge in [-0.05, 0) is 30.7 Å². The van der Waals surface area contributed by atoms with Crippen LogP contribution < -0.4 is 4.74 Å². The summed E-state index contributed by atoms with van der Waals surface area (Å²) in [5.41, 5.74) is 2.10.